The lowest BCUT2D eigenvalue weighted by Gasteiger charge is -2.20. The van der Waals surface area contributed by atoms with E-state index in [2.05, 4.69) is 12.2 Å². The van der Waals surface area contributed by atoms with Gasteiger partial charge in [0.05, 0.1) is 0 Å². The summed E-state index contributed by atoms with van der Waals surface area (Å²) in [5.74, 6) is 0. The van der Waals surface area contributed by atoms with Gasteiger partial charge in [-0.05, 0) is 12.2 Å². The van der Waals surface area contributed by atoms with Crippen molar-refractivity contribution in [2.45, 2.75) is 12.2 Å². The van der Waals surface area contributed by atoms with Crippen molar-refractivity contribution in [3.8, 4) is 0 Å². The van der Waals surface area contributed by atoms with Crippen LogP contribution in [0.25, 0.3) is 0 Å². The summed E-state index contributed by atoms with van der Waals surface area (Å²) < 4.78 is 59.4. The Morgan fingerprint density at radius 2 is 1.80 bits per heavy atom. The van der Waals surface area contributed by atoms with Crippen molar-refractivity contribution in [3.05, 3.63) is 27.4 Å². The minimum absolute atomic E-state index is 0.523. The lowest BCUT2D eigenvalue weighted by atomic mass is 10.5. The van der Waals surface area contributed by atoms with E-state index >= 15 is 0 Å². The van der Waals surface area contributed by atoms with E-state index in [1.54, 1.807) is 0 Å². The van der Waals surface area contributed by atoms with E-state index < -0.39 is 27.1 Å². The van der Waals surface area contributed by atoms with Crippen LogP contribution in [0.15, 0.2) is 17.1 Å². The number of hydrogen-bond acceptors (Lipinski definition) is 2. The summed E-state index contributed by atoms with van der Waals surface area (Å²) in [4.78, 5) is 12.7. The summed E-state index contributed by atoms with van der Waals surface area (Å²) in [5.41, 5.74) is -1.53. The quantitative estimate of drug-likeness (QED) is 0.608. The van der Waals surface area contributed by atoms with E-state index in [0.29, 0.717) is 6.07 Å². The van der Waals surface area contributed by atoms with Crippen LogP contribution in [0.4, 0.5) is 22.0 Å². The Hall–Kier alpha value is -1.25. The summed E-state index contributed by atoms with van der Waals surface area (Å²) in [6, 6.07) is -4.80. The van der Waals surface area contributed by atoms with Crippen LogP contribution in [-0.4, -0.2) is 15.7 Å². The van der Waals surface area contributed by atoms with Gasteiger partial charge in [0.2, 0.25) is 0 Å². The fourth-order valence-electron chi connectivity index (χ4n) is 0.816. The lowest BCUT2D eigenvalue weighted by molar-refractivity contribution is -0.326. The first-order chi connectivity index (χ1) is 6.68. The molecule has 0 radical (unpaired) electrons. The Morgan fingerprint density at radius 1 is 1.27 bits per heavy atom. The third-order valence-corrected chi connectivity index (χ3v) is 1.78. The highest BCUT2D eigenvalue weighted by molar-refractivity contribution is 7.71. The predicted octanol–water partition coefficient (Wildman–Crippen LogP) is 2.02. The van der Waals surface area contributed by atoms with Crippen molar-refractivity contribution in [1.29, 1.82) is 0 Å². The van der Waals surface area contributed by atoms with Crippen molar-refractivity contribution >= 4 is 12.2 Å². The summed E-state index contributed by atoms with van der Waals surface area (Å²) in [6.45, 7) is 0. The Bertz CT molecular complexity index is 445. The minimum atomic E-state index is -5.88. The van der Waals surface area contributed by atoms with Crippen molar-refractivity contribution in [2.75, 3.05) is 0 Å². The molecule has 0 spiro atoms. The maximum Gasteiger partial charge on any atom is 0.476 e. The molecule has 0 atom stereocenters. The molecule has 1 heterocycles. The number of nitrogens with zero attached hydrogens (tertiary/aromatic N) is 1. The van der Waals surface area contributed by atoms with Crippen LogP contribution in [0.2, 0.25) is 0 Å². The number of halogens is 5. The number of alkyl halides is 5. The summed E-state index contributed by atoms with van der Waals surface area (Å²) in [6.07, 6.45) is -4.99. The van der Waals surface area contributed by atoms with Crippen LogP contribution in [0, 0.1) is 4.77 Å². The first-order valence-electron chi connectivity index (χ1n) is 3.43. The number of aromatic amines is 1. The second-order valence-corrected chi connectivity index (χ2v) is 2.88. The molecule has 1 aromatic rings. The van der Waals surface area contributed by atoms with Crippen LogP contribution in [0.1, 0.15) is 0 Å². The fraction of sp³-hybridized carbons (Fsp3) is 0.333. The predicted molar refractivity (Wildman–Crippen MR) is 42.1 cm³/mol. The molecule has 0 aliphatic carbocycles. The molecule has 0 saturated carbocycles. The van der Waals surface area contributed by atoms with Gasteiger partial charge in [0.15, 0.2) is 4.77 Å². The van der Waals surface area contributed by atoms with Gasteiger partial charge in [-0.25, -0.2) is 4.57 Å². The van der Waals surface area contributed by atoms with E-state index in [4.69, 9.17) is 0 Å². The lowest BCUT2D eigenvalue weighted by Crippen LogP contribution is -2.45. The molecule has 0 saturated heterocycles. The standard InChI is InChI=1S/C6H3F5N2OS/c7-5(8,9)6(10,11)13-3(14)1-2-12-4(13)15/h1-2H,(H,12,15). The molecule has 1 aromatic heterocycles. The molecule has 15 heavy (non-hydrogen) atoms. The maximum atomic E-state index is 12.7. The van der Waals surface area contributed by atoms with Gasteiger partial charge in [0.1, 0.15) is 0 Å². The fourth-order valence-corrected chi connectivity index (χ4v) is 1.09. The molecule has 0 aromatic carbocycles. The van der Waals surface area contributed by atoms with E-state index in [-0.39, 0.29) is 0 Å². The molecule has 84 valence electrons. The second-order valence-electron chi connectivity index (χ2n) is 2.50. The Balaban J connectivity index is 3.54. The van der Waals surface area contributed by atoms with Crippen LogP contribution in [-0.2, 0) is 6.05 Å². The van der Waals surface area contributed by atoms with Gasteiger partial charge >= 0.3 is 12.2 Å². The molecule has 0 aliphatic heterocycles. The highest BCUT2D eigenvalue weighted by Crippen LogP contribution is 2.38. The van der Waals surface area contributed by atoms with Crippen LogP contribution in [0.5, 0.6) is 0 Å². The Kier molecular flexibility index (Phi) is 2.68. The summed E-state index contributed by atoms with van der Waals surface area (Å²) in [5, 5.41) is 0. The van der Waals surface area contributed by atoms with E-state index in [0.717, 1.165) is 6.20 Å². The van der Waals surface area contributed by atoms with E-state index in [1.165, 1.54) is 0 Å². The number of H-pyrrole nitrogens is 1. The number of aromatic nitrogens is 2. The molecule has 0 aliphatic rings. The average molecular weight is 246 g/mol. The highest BCUT2D eigenvalue weighted by atomic mass is 32.1. The topological polar surface area (TPSA) is 37.8 Å². The average Bonchev–Trinajstić information content (AvgIpc) is 2.00. The molecular formula is C6H3F5N2OS. The van der Waals surface area contributed by atoms with Gasteiger partial charge in [-0.3, -0.25) is 4.79 Å². The summed E-state index contributed by atoms with van der Waals surface area (Å²) >= 11 is 4.18. The molecular weight excluding hydrogens is 243 g/mol. The van der Waals surface area contributed by atoms with Crippen molar-refractivity contribution in [1.82, 2.24) is 9.55 Å². The van der Waals surface area contributed by atoms with Gasteiger partial charge in [0, 0.05) is 12.3 Å². The molecule has 1 N–H and O–H groups in total. The minimum Gasteiger partial charge on any atom is -0.338 e. The normalized spacial score (nSPS) is 12.9. The zero-order chi connectivity index (χ0) is 11.9. The van der Waals surface area contributed by atoms with E-state index in [9.17, 15) is 26.7 Å². The van der Waals surface area contributed by atoms with Gasteiger partial charge in [-0.2, -0.15) is 22.0 Å². The van der Waals surface area contributed by atoms with Crippen molar-refractivity contribution in [2.24, 2.45) is 0 Å². The Labute approximate surface area is 84.2 Å². The van der Waals surface area contributed by atoms with Crippen LogP contribution in [0.3, 0.4) is 0 Å². The zero-order valence-electron chi connectivity index (χ0n) is 6.81. The van der Waals surface area contributed by atoms with Gasteiger partial charge in [-0.1, -0.05) is 0 Å². The first kappa shape index (κ1) is 11.8. The van der Waals surface area contributed by atoms with Gasteiger partial charge < -0.3 is 4.98 Å². The zero-order valence-corrected chi connectivity index (χ0v) is 7.62. The molecule has 0 bridgehead atoms. The molecule has 9 heteroatoms. The SMILES string of the molecule is O=c1cc[nH]c(=S)n1C(F)(F)C(F)(F)F. The first-order valence-corrected chi connectivity index (χ1v) is 3.84. The smallest absolute Gasteiger partial charge is 0.338 e. The van der Waals surface area contributed by atoms with Crippen LogP contribution >= 0.6 is 12.2 Å². The molecule has 0 fully saturated rings. The Morgan fingerprint density at radius 3 is 2.20 bits per heavy atom. The molecule has 3 nitrogen and oxygen atoms in total. The second kappa shape index (κ2) is 3.40. The maximum absolute atomic E-state index is 12.7. The molecule has 1 rings (SSSR count). The summed E-state index contributed by atoms with van der Waals surface area (Å²) in [7, 11) is 0. The van der Waals surface area contributed by atoms with Crippen molar-refractivity contribution in [3.63, 3.8) is 0 Å². The third-order valence-electron chi connectivity index (χ3n) is 1.48. The third kappa shape index (κ3) is 1.91. The largest absolute Gasteiger partial charge is 0.476 e. The van der Waals surface area contributed by atoms with Crippen molar-refractivity contribution < 1.29 is 22.0 Å². The highest BCUT2D eigenvalue weighted by Gasteiger charge is 2.60. The van der Waals surface area contributed by atoms with Gasteiger partial charge in [-0.15, -0.1) is 0 Å². The number of hydrogen-bond donors (Lipinski definition) is 1. The van der Waals surface area contributed by atoms with Gasteiger partial charge in [0.25, 0.3) is 5.56 Å². The number of nitrogens with one attached hydrogen (secondary N) is 1. The number of rotatable bonds is 1. The molecule has 0 unspecified atom stereocenters. The monoisotopic (exact) mass is 246 g/mol. The van der Waals surface area contributed by atoms with Crippen LogP contribution < -0.4 is 5.56 Å². The van der Waals surface area contributed by atoms with E-state index in [1.807, 2.05) is 4.98 Å². The molecule has 0 amide bonds.